The fraction of sp³-hybridized carbons (Fsp3) is 0.300. The van der Waals surface area contributed by atoms with Crippen molar-refractivity contribution < 1.29 is 29.0 Å². The topological polar surface area (TPSA) is 89.9 Å². The molecule has 4 rings (SSSR count). The summed E-state index contributed by atoms with van der Waals surface area (Å²) >= 11 is 0. The van der Waals surface area contributed by atoms with Gasteiger partial charge in [-0.25, -0.2) is 0 Å². The average Bonchev–Trinajstić information content (AvgIpc) is 2.86. The van der Waals surface area contributed by atoms with E-state index in [1.807, 2.05) is 79.7 Å². The highest BCUT2D eigenvalue weighted by atomic mass is 16.5. The molecule has 0 radical (unpaired) electrons. The summed E-state index contributed by atoms with van der Waals surface area (Å²) in [5.74, 6) is -5.17. The molecule has 1 aliphatic carbocycles. The molecule has 1 saturated carbocycles. The van der Waals surface area contributed by atoms with E-state index < -0.39 is 41.1 Å². The smallest absolute Gasteiger partial charge is 0.317 e. The van der Waals surface area contributed by atoms with Gasteiger partial charge in [-0.15, -0.1) is 0 Å². The van der Waals surface area contributed by atoms with Gasteiger partial charge in [0.2, 0.25) is 0 Å². The van der Waals surface area contributed by atoms with Crippen molar-refractivity contribution in [1.29, 1.82) is 0 Å². The summed E-state index contributed by atoms with van der Waals surface area (Å²) in [6, 6.07) is 25.6. The van der Waals surface area contributed by atoms with E-state index in [0.717, 1.165) is 16.7 Å². The van der Waals surface area contributed by atoms with Gasteiger partial charge < -0.3 is 14.6 Å². The molecule has 0 aliphatic heterocycles. The van der Waals surface area contributed by atoms with Gasteiger partial charge in [0.15, 0.2) is 5.78 Å². The van der Waals surface area contributed by atoms with Crippen LogP contribution in [0.25, 0.3) is 0 Å². The van der Waals surface area contributed by atoms with Crippen LogP contribution in [0.15, 0.2) is 84.9 Å². The molecular weight excluding hydrogens is 456 g/mol. The lowest BCUT2D eigenvalue weighted by molar-refractivity contribution is -0.174. The van der Waals surface area contributed by atoms with E-state index in [9.17, 15) is 19.5 Å². The van der Waals surface area contributed by atoms with Gasteiger partial charge in [-0.1, -0.05) is 90.5 Å². The zero-order chi connectivity index (χ0) is 25.7. The molecule has 1 aliphatic rings. The Balaban J connectivity index is 1.66. The summed E-state index contributed by atoms with van der Waals surface area (Å²) in [5, 5.41) is 11.3. The first kappa shape index (κ1) is 25.3. The van der Waals surface area contributed by atoms with Crippen molar-refractivity contribution in [1.82, 2.24) is 0 Å². The van der Waals surface area contributed by atoms with Gasteiger partial charge in [0.1, 0.15) is 19.1 Å². The second kappa shape index (κ2) is 10.9. The molecule has 0 aromatic heterocycles. The zero-order valence-electron chi connectivity index (χ0n) is 20.4. The minimum atomic E-state index is -1.70. The number of carbonyl (C=O) groups is 3. The highest BCUT2D eigenvalue weighted by Gasteiger charge is 2.57. The first-order chi connectivity index (χ1) is 17.3. The number of aryl methyl sites for hydroxylation is 1. The van der Waals surface area contributed by atoms with Crippen LogP contribution in [-0.2, 0) is 37.1 Å². The Kier molecular flexibility index (Phi) is 7.65. The van der Waals surface area contributed by atoms with E-state index >= 15 is 0 Å². The molecule has 0 amide bonds. The van der Waals surface area contributed by atoms with Crippen molar-refractivity contribution in [2.75, 3.05) is 0 Å². The third-order valence-corrected chi connectivity index (χ3v) is 6.69. The Morgan fingerprint density at radius 3 is 1.86 bits per heavy atom. The third kappa shape index (κ3) is 5.71. The number of hydrogen-bond donors (Lipinski definition) is 1. The Morgan fingerprint density at radius 2 is 1.33 bits per heavy atom. The van der Waals surface area contributed by atoms with Crippen LogP contribution in [0.5, 0.6) is 0 Å². The van der Waals surface area contributed by atoms with Crippen molar-refractivity contribution in [2.45, 2.75) is 45.0 Å². The van der Waals surface area contributed by atoms with Crippen molar-refractivity contribution >= 4 is 17.7 Å². The first-order valence-corrected chi connectivity index (χ1v) is 12.0. The number of ether oxygens (including phenoxy) is 2. The summed E-state index contributed by atoms with van der Waals surface area (Å²) in [6.07, 6.45) is -0.356. The number of benzene rings is 3. The van der Waals surface area contributed by atoms with E-state index in [-0.39, 0.29) is 19.6 Å². The van der Waals surface area contributed by atoms with Crippen LogP contribution in [0.1, 0.15) is 41.5 Å². The lowest BCUT2D eigenvalue weighted by Crippen LogP contribution is -2.55. The predicted octanol–water partition coefficient (Wildman–Crippen LogP) is 4.52. The number of esters is 2. The second-order valence-electron chi connectivity index (χ2n) is 9.58. The van der Waals surface area contributed by atoms with E-state index in [2.05, 4.69) is 0 Å². The van der Waals surface area contributed by atoms with Crippen LogP contribution in [-0.4, -0.2) is 28.4 Å². The summed E-state index contributed by atoms with van der Waals surface area (Å²) in [7, 11) is 0. The van der Waals surface area contributed by atoms with Crippen molar-refractivity contribution in [3.63, 3.8) is 0 Å². The van der Waals surface area contributed by atoms with Crippen LogP contribution in [0.4, 0.5) is 0 Å². The summed E-state index contributed by atoms with van der Waals surface area (Å²) < 4.78 is 11.2. The number of rotatable bonds is 7. The molecule has 0 saturated heterocycles. The van der Waals surface area contributed by atoms with E-state index in [4.69, 9.17) is 9.47 Å². The first-order valence-electron chi connectivity index (χ1n) is 12.0. The van der Waals surface area contributed by atoms with Gasteiger partial charge in [0.25, 0.3) is 0 Å². The van der Waals surface area contributed by atoms with Crippen LogP contribution >= 0.6 is 0 Å². The monoisotopic (exact) mass is 486 g/mol. The fourth-order valence-electron chi connectivity index (χ4n) is 4.84. The van der Waals surface area contributed by atoms with Gasteiger partial charge in [-0.05, 0) is 30.5 Å². The van der Waals surface area contributed by atoms with Gasteiger partial charge in [0, 0.05) is 12.3 Å². The Bertz CT molecular complexity index is 1200. The van der Waals surface area contributed by atoms with Gasteiger partial charge in [-0.3, -0.25) is 14.4 Å². The highest BCUT2D eigenvalue weighted by Crippen LogP contribution is 2.47. The van der Waals surface area contributed by atoms with Crippen LogP contribution in [0, 0.1) is 18.8 Å². The van der Waals surface area contributed by atoms with Crippen molar-refractivity contribution in [3.8, 4) is 0 Å². The van der Waals surface area contributed by atoms with Crippen molar-refractivity contribution in [3.05, 3.63) is 107 Å². The number of carbonyl (C=O) groups excluding carboxylic acids is 3. The zero-order valence-corrected chi connectivity index (χ0v) is 20.4. The quantitative estimate of drug-likeness (QED) is 0.390. The maximum absolute atomic E-state index is 13.4. The molecule has 0 spiro atoms. The lowest BCUT2D eigenvalue weighted by Gasteiger charge is -2.43. The number of ketones is 1. The summed E-state index contributed by atoms with van der Waals surface area (Å²) in [6.45, 7) is 3.39. The van der Waals surface area contributed by atoms with E-state index in [1.165, 1.54) is 6.92 Å². The molecule has 4 atom stereocenters. The van der Waals surface area contributed by atoms with Crippen LogP contribution in [0.3, 0.4) is 0 Å². The maximum atomic E-state index is 13.4. The van der Waals surface area contributed by atoms with Gasteiger partial charge >= 0.3 is 11.9 Å². The highest BCUT2D eigenvalue weighted by molar-refractivity contribution is 6.02. The van der Waals surface area contributed by atoms with Crippen LogP contribution < -0.4 is 0 Å². The molecule has 3 aromatic carbocycles. The SMILES string of the molecule is Cc1ccc([C@@H]2[C@H](C(=O)OCc3ccccc3)C(=O)C[C@@](C)(O)[C@@H]2C(=O)OCc2ccccc2)cc1. The maximum Gasteiger partial charge on any atom is 0.317 e. The molecule has 1 N–H and O–H groups in total. The Hall–Kier alpha value is -3.77. The molecule has 36 heavy (non-hydrogen) atoms. The molecule has 6 heteroatoms. The van der Waals surface area contributed by atoms with Gasteiger partial charge in [0.05, 0.1) is 11.5 Å². The molecule has 0 bridgehead atoms. The number of aliphatic hydroxyl groups is 1. The van der Waals surface area contributed by atoms with Gasteiger partial charge in [-0.2, -0.15) is 0 Å². The Morgan fingerprint density at radius 1 is 0.833 bits per heavy atom. The normalized spacial score (nSPS) is 23.6. The minimum Gasteiger partial charge on any atom is -0.461 e. The molecule has 0 unspecified atom stereocenters. The molecule has 0 heterocycles. The molecule has 1 fully saturated rings. The third-order valence-electron chi connectivity index (χ3n) is 6.69. The molecule has 186 valence electrons. The Labute approximate surface area is 210 Å². The lowest BCUT2D eigenvalue weighted by atomic mass is 9.61. The molecule has 6 nitrogen and oxygen atoms in total. The van der Waals surface area contributed by atoms with E-state index in [0.29, 0.717) is 5.56 Å². The predicted molar refractivity (Wildman–Crippen MR) is 134 cm³/mol. The summed E-state index contributed by atoms with van der Waals surface area (Å²) in [4.78, 5) is 40.0. The fourth-order valence-corrected chi connectivity index (χ4v) is 4.84. The van der Waals surface area contributed by atoms with E-state index in [1.54, 1.807) is 12.1 Å². The van der Waals surface area contributed by atoms with Crippen LogP contribution in [0.2, 0.25) is 0 Å². The average molecular weight is 487 g/mol. The minimum absolute atomic E-state index is 0.00356. The standard InChI is InChI=1S/C30H30O6/c1-20-13-15-23(16-14-20)25-26(28(32)35-18-21-9-5-3-6-10-21)24(31)17-30(2,34)27(25)29(33)36-19-22-11-7-4-8-12-22/h3-16,25-27,34H,17-19H2,1-2H3/t25-,26-,27+,30-/m1/s1. The summed E-state index contributed by atoms with van der Waals surface area (Å²) in [5.41, 5.74) is 1.46. The van der Waals surface area contributed by atoms with Crippen molar-refractivity contribution in [2.24, 2.45) is 11.8 Å². The second-order valence-corrected chi connectivity index (χ2v) is 9.58. The number of hydrogen-bond acceptors (Lipinski definition) is 6. The largest absolute Gasteiger partial charge is 0.461 e. The molecular formula is C30H30O6. The molecule has 3 aromatic rings. The number of Topliss-reactive ketones (excluding diaryl/α,β-unsaturated/α-hetero) is 1.